The number of nitro benzene ring substituents is 1. The Balaban J connectivity index is 1.81. The number of hydrogen-bond acceptors (Lipinski definition) is 6. The fourth-order valence-corrected chi connectivity index (χ4v) is 3.28. The molecule has 124 valence electrons. The van der Waals surface area contributed by atoms with Crippen LogP contribution in [0.4, 0.5) is 5.69 Å². The third-order valence-corrected chi connectivity index (χ3v) is 4.76. The molecule has 9 heteroatoms. The second kappa shape index (κ2) is 6.02. The lowest BCUT2D eigenvalue weighted by atomic mass is 10.2. The molecular weight excluding hydrogens is 334 g/mol. The quantitative estimate of drug-likeness (QED) is 0.560. The molecule has 24 heavy (non-hydrogen) atoms. The number of benzene rings is 2. The molecule has 0 radical (unpaired) electrons. The maximum absolute atomic E-state index is 12.3. The van der Waals surface area contributed by atoms with Crippen molar-refractivity contribution in [1.82, 2.24) is 9.71 Å². The van der Waals surface area contributed by atoms with Crippen molar-refractivity contribution in [3.63, 3.8) is 0 Å². The molecule has 1 aromatic heterocycles. The molecule has 0 aliphatic carbocycles. The average molecular weight is 347 g/mol. The number of nitrogens with zero attached hydrogens (tertiary/aromatic N) is 2. The summed E-state index contributed by atoms with van der Waals surface area (Å²) in [5.74, 6) is 0.527. The minimum atomic E-state index is -3.86. The van der Waals surface area contributed by atoms with Crippen LogP contribution in [-0.4, -0.2) is 18.3 Å². The standard InChI is InChI=1S/C15H13N3O5S/c1-10-17-14-7-11(5-6-15(14)23-10)9-16-24(21,22)13-4-2-3-12(8-13)18(19)20/h2-8,16H,9H2,1H3. The van der Waals surface area contributed by atoms with Gasteiger partial charge in [0.05, 0.1) is 9.82 Å². The molecule has 0 aliphatic rings. The molecule has 0 bridgehead atoms. The third-order valence-electron chi connectivity index (χ3n) is 3.36. The van der Waals surface area contributed by atoms with Gasteiger partial charge >= 0.3 is 0 Å². The van der Waals surface area contributed by atoms with Crippen LogP contribution >= 0.6 is 0 Å². The highest BCUT2D eigenvalue weighted by Crippen LogP contribution is 2.19. The lowest BCUT2D eigenvalue weighted by Crippen LogP contribution is -2.23. The summed E-state index contributed by atoms with van der Waals surface area (Å²) in [5, 5.41) is 10.8. The van der Waals surface area contributed by atoms with Crippen LogP contribution in [0.2, 0.25) is 0 Å². The van der Waals surface area contributed by atoms with Crippen LogP contribution in [0, 0.1) is 17.0 Å². The van der Waals surface area contributed by atoms with E-state index >= 15 is 0 Å². The number of nitrogens with one attached hydrogen (secondary N) is 1. The maximum atomic E-state index is 12.3. The van der Waals surface area contributed by atoms with E-state index in [1.54, 1.807) is 25.1 Å². The summed E-state index contributed by atoms with van der Waals surface area (Å²) in [7, 11) is -3.86. The Morgan fingerprint density at radius 2 is 2.04 bits per heavy atom. The summed E-state index contributed by atoms with van der Waals surface area (Å²) >= 11 is 0. The van der Waals surface area contributed by atoms with Crippen molar-refractivity contribution in [3.05, 3.63) is 64.0 Å². The number of aryl methyl sites for hydroxylation is 1. The van der Waals surface area contributed by atoms with Gasteiger partial charge in [0.1, 0.15) is 5.52 Å². The zero-order chi connectivity index (χ0) is 17.3. The first kappa shape index (κ1) is 16.1. The van der Waals surface area contributed by atoms with E-state index in [0.29, 0.717) is 22.6 Å². The van der Waals surface area contributed by atoms with Crippen LogP contribution in [-0.2, 0) is 16.6 Å². The van der Waals surface area contributed by atoms with Gasteiger partial charge < -0.3 is 4.42 Å². The largest absolute Gasteiger partial charge is 0.441 e. The minimum Gasteiger partial charge on any atom is -0.441 e. The van der Waals surface area contributed by atoms with Crippen LogP contribution in [0.3, 0.4) is 0 Å². The van der Waals surface area contributed by atoms with Crippen LogP contribution in [0.25, 0.3) is 11.1 Å². The van der Waals surface area contributed by atoms with Gasteiger partial charge in [0.15, 0.2) is 11.5 Å². The van der Waals surface area contributed by atoms with Gasteiger partial charge in [0, 0.05) is 25.6 Å². The van der Waals surface area contributed by atoms with Crippen molar-refractivity contribution < 1.29 is 17.8 Å². The van der Waals surface area contributed by atoms with Gasteiger partial charge in [-0.25, -0.2) is 18.1 Å². The second-order valence-electron chi connectivity index (χ2n) is 5.11. The van der Waals surface area contributed by atoms with Gasteiger partial charge in [0.25, 0.3) is 5.69 Å². The van der Waals surface area contributed by atoms with Gasteiger partial charge in [-0.3, -0.25) is 10.1 Å². The Labute approximate surface area is 137 Å². The van der Waals surface area contributed by atoms with Crippen LogP contribution in [0.15, 0.2) is 51.8 Å². The SMILES string of the molecule is Cc1nc2cc(CNS(=O)(=O)c3cccc([N+](=O)[O-])c3)ccc2o1. The zero-order valence-electron chi connectivity index (χ0n) is 12.6. The van der Waals surface area contributed by atoms with Crippen molar-refractivity contribution in [2.75, 3.05) is 0 Å². The van der Waals surface area contributed by atoms with Crippen molar-refractivity contribution in [2.45, 2.75) is 18.4 Å². The van der Waals surface area contributed by atoms with Gasteiger partial charge in [0.2, 0.25) is 10.0 Å². The highest BCUT2D eigenvalue weighted by atomic mass is 32.2. The Bertz CT molecular complexity index is 1030. The fourth-order valence-electron chi connectivity index (χ4n) is 2.22. The molecule has 0 fully saturated rings. The number of rotatable bonds is 5. The first-order valence-corrected chi connectivity index (χ1v) is 8.44. The fraction of sp³-hybridized carbons (Fsp3) is 0.133. The minimum absolute atomic E-state index is 0.0346. The average Bonchev–Trinajstić information content (AvgIpc) is 2.92. The molecule has 0 unspecified atom stereocenters. The molecule has 1 N–H and O–H groups in total. The lowest BCUT2D eigenvalue weighted by molar-refractivity contribution is -0.385. The summed E-state index contributed by atoms with van der Waals surface area (Å²) in [5.41, 5.74) is 1.68. The Morgan fingerprint density at radius 3 is 2.79 bits per heavy atom. The monoisotopic (exact) mass is 347 g/mol. The van der Waals surface area contributed by atoms with E-state index in [9.17, 15) is 18.5 Å². The Morgan fingerprint density at radius 1 is 1.25 bits per heavy atom. The first-order valence-electron chi connectivity index (χ1n) is 6.95. The Hall–Kier alpha value is -2.78. The predicted octanol–water partition coefficient (Wildman–Crippen LogP) is 2.52. The molecule has 1 heterocycles. The number of hydrogen-bond donors (Lipinski definition) is 1. The highest BCUT2D eigenvalue weighted by molar-refractivity contribution is 7.89. The van der Waals surface area contributed by atoms with E-state index < -0.39 is 14.9 Å². The lowest BCUT2D eigenvalue weighted by Gasteiger charge is -2.06. The van der Waals surface area contributed by atoms with E-state index in [1.165, 1.54) is 18.2 Å². The van der Waals surface area contributed by atoms with Crippen molar-refractivity contribution in [2.24, 2.45) is 0 Å². The number of oxazole rings is 1. The molecule has 0 saturated heterocycles. The summed E-state index contributed by atoms with van der Waals surface area (Å²) in [6, 6.07) is 10.1. The van der Waals surface area contributed by atoms with E-state index in [2.05, 4.69) is 9.71 Å². The second-order valence-corrected chi connectivity index (χ2v) is 6.88. The first-order chi connectivity index (χ1) is 11.3. The van der Waals surface area contributed by atoms with E-state index in [1.807, 2.05) is 0 Å². The van der Waals surface area contributed by atoms with Gasteiger partial charge in [-0.1, -0.05) is 12.1 Å². The molecule has 0 atom stereocenters. The van der Waals surface area contributed by atoms with Crippen molar-refractivity contribution in [3.8, 4) is 0 Å². The predicted molar refractivity (Wildman–Crippen MR) is 85.9 cm³/mol. The number of nitro groups is 1. The normalized spacial score (nSPS) is 11.7. The zero-order valence-corrected chi connectivity index (χ0v) is 13.4. The topological polar surface area (TPSA) is 115 Å². The molecule has 3 rings (SSSR count). The van der Waals surface area contributed by atoms with Gasteiger partial charge in [-0.15, -0.1) is 0 Å². The van der Waals surface area contributed by atoms with E-state index in [4.69, 9.17) is 4.42 Å². The molecule has 0 amide bonds. The molecule has 0 spiro atoms. The molecule has 0 aliphatic heterocycles. The molecular formula is C15H13N3O5S. The number of aromatic nitrogens is 1. The third kappa shape index (κ3) is 3.26. The van der Waals surface area contributed by atoms with Gasteiger partial charge in [-0.2, -0.15) is 0 Å². The highest BCUT2D eigenvalue weighted by Gasteiger charge is 2.17. The van der Waals surface area contributed by atoms with Gasteiger partial charge in [-0.05, 0) is 23.8 Å². The Kier molecular flexibility index (Phi) is 4.04. The molecule has 0 saturated carbocycles. The van der Waals surface area contributed by atoms with Crippen molar-refractivity contribution in [1.29, 1.82) is 0 Å². The smallest absolute Gasteiger partial charge is 0.270 e. The van der Waals surface area contributed by atoms with Crippen LogP contribution in [0.1, 0.15) is 11.5 Å². The molecule has 3 aromatic rings. The summed E-state index contributed by atoms with van der Waals surface area (Å²) in [6.45, 7) is 1.76. The molecule has 2 aromatic carbocycles. The molecule has 8 nitrogen and oxygen atoms in total. The number of non-ortho nitro benzene ring substituents is 1. The maximum Gasteiger partial charge on any atom is 0.270 e. The summed E-state index contributed by atoms with van der Waals surface area (Å²) in [6.07, 6.45) is 0. The summed E-state index contributed by atoms with van der Waals surface area (Å²) in [4.78, 5) is 14.2. The van der Waals surface area contributed by atoms with E-state index in [-0.39, 0.29) is 17.1 Å². The van der Waals surface area contributed by atoms with Crippen LogP contribution < -0.4 is 4.72 Å². The summed E-state index contributed by atoms with van der Waals surface area (Å²) < 4.78 is 32.3. The van der Waals surface area contributed by atoms with Crippen molar-refractivity contribution >= 4 is 26.8 Å². The number of sulfonamides is 1. The van der Waals surface area contributed by atoms with E-state index in [0.717, 1.165) is 6.07 Å². The van der Waals surface area contributed by atoms with Crippen LogP contribution in [0.5, 0.6) is 0 Å². The number of fused-ring (bicyclic) bond motifs is 1.